The molecule has 2 saturated heterocycles. The van der Waals surface area contributed by atoms with E-state index in [-0.39, 0.29) is 12.4 Å². The molecule has 2 aliphatic rings. The molecular formula is C23H26N4O3S. The zero-order valence-electron chi connectivity index (χ0n) is 17.5. The number of hydrogen-bond donors (Lipinski definition) is 1. The molecule has 8 heteroatoms. The van der Waals surface area contributed by atoms with Gasteiger partial charge in [0.2, 0.25) is 0 Å². The van der Waals surface area contributed by atoms with Crippen LogP contribution in [0.4, 0.5) is 0 Å². The number of hydrogen-bond acceptors (Lipinski definition) is 6. The summed E-state index contributed by atoms with van der Waals surface area (Å²) in [5.41, 5.74) is 3.72. The van der Waals surface area contributed by atoms with Crippen molar-refractivity contribution < 1.29 is 14.7 Å². The fraction of sp³-hybridized carbons (Fsp3) is 0.391. The largest absolute Gasteiger partial charge is 0.483 e. The minimum absolute atomic E-state index is 0.139. The monoisotopic (exact) mass is 438 g/mol. The molecule has 31 heavy (non-hydrogen) atoms. The van der Waals surface area contributed by atoms with E-state index < -0.39 is 0 Å². The third-order valence-electron chi connectivity index (χ3n) is 5.88. The summed E-state index contributed by atoms with van der Waals surface area (Å²) >= 11 is 1.65. The first-order chi connectivity index (χ1) is 15.1. The van der Waals surface area contributed by atoms with Crippen LogP contribution in [0.2, 0.25) is 0 Å². The normalized spacial score (nSPS) is 17.0. The predicted octanol–water partition coefficient (Wildman–Crippen LogP) is 3.68. The third-order valence-corrected chi connectivity index (χ3v) is 6.79. The van der Waals surface area contributed by atoms with Crippen molar-refractivity contribution in [2.75, 3.05) is 26.2 Å². The van der Waals surface area contributed by atoms with Crippen LogP contribution in [0.5, 0.6) is 0 Å². The van der Waals surface area contributed by atoms with Crippen molar-refractivity contribution in [1.82, 2.24) is 19.8 Å². The van der Waals surface area contributed by atoms with Crippen LogP contribution < -0.4 is 0 Å². The molecule has 2 fully saturated rings. The maximum atomic E-state index is 12.8. The Labute approximate surface area is 185 Å². The molecule has 1 amide bonds. The quantitative estimate of drug-likeness (QED) is 0.628. The second-order valence-electron chi connectivity index (χ2n) is 7.90. The van der Waals surface area contributed by atoms with Crippen LogP contribution in [-0.2, 0) is 4.79 Å². The molecule has 162 valence electrons. The van der Waals surface area contributed by atoms with E-state index >= 15 is 0 Å². The van der Waals surface area contributed by atoms with Crippen molar-refractivity contribution in [2.24, 2.45) is 0 Å². The highest BCUT2D eigenvalue weighted by Crippen LogP contribution is 2.30. The van der Waals surface area contributed by atoms with Gasteiger partial charge < -0.3 is 10.0 Å². The molecule has 0 unspecified atom stereocenters. The van der Waals surface area contributed by atoms with E-state index in [0.29, 0.717) is 6.04 Å². The number of carbonyl (C=O) groups is 2. The lowest BCUT2D eigenvalue weighted by atomic mass is 10.0. The first-order valence-electron chi connectivity index (χ1n) is 10.5. The van der Waals surface area contributed by atoms with Crippen LogP contribution in [0.15, 0.2) is 35.7 Å². The van der Waals surface area contributed by atoms with Gasteiger partial charge in [-0.1, -0.05) is 18.6 Å². The summed E-state index contributed by atoms with van der Waals surface area (Å²) in [5.74, 6) is 0.908. The van der Waals surface area contributed by atoms with Crippen molar-refractivity contribution in [3.8, 4) is 11.3 Å². The Hall–Kier alpha value is -2.84. The summed E-state index contributed by atoms with van der Waals surface area (Å²) < 4.78 is 1.09. The highest BCUT2D eigenvalue weighted by molar-refractivity contribution is 7.17. The molecule has 0 aliphatic carbocycles. The van der Waals surface area contributed by atoms with E-state index in [1.807, 2.05) is 47.5 Å². The zero-order valence-corrected chi connectivity index (χ0v) is 18.3. The van der Waals surface area contributed by atoms with E-state index in [9.17, 15) is 4.79 Å². The van der Waals surface area contributed by atoms with Gasteiger partial charge >= 0.3 is 0 Å². The molecule has 1 aromatic carbocycles. The van der Waals surface area contributed by atoms with Gasteiger partial charge in [0.25, 0.3) is 12.4 Å². The minimum atomic E-state index is -0.250. The van der Waals surface area contributed by atoms with Crippen molar-refractivity contribution in [3.05, 3.63) is 47.1 Å². The number of nitrogens with zero attached hydrogens (tertiary/aromatic N) is 4. The first kappa shape index (κ1) is 21.4. The number of carboxylic acid groups (broad SMARTS) is 1. The smallest absolute Gasteiger partial charge is 0.290 e. The molecule has 2 aliphatic heterocycles. The Balaban J connectivity index is 0.000000730. The number of aromatic nitrogens is 2. The Kier molecular flexibility index (Phi) is 6.58. The Morgan fingerprint density at radius 3 is 2.45 bits per heavy atom. The summed E-state index contributed by atoms with van der Waals surface area (Å²) in [6, 6.07) is 10.5. The molecule has 0 radical (unpaired) electrons. The fourth-order valence-electron chi connectivity index (χ4n) is 4.26. The molecule has 5 rings (SSSR count). The molecule has 0 saturated carbocycles. The van der Waals surface area contributed by atoms with E-state index in [4.69, 9.17) is 9.90 Å². The van der Waals surface area contributed by atoms with Gasteiger partial charge in [-0.2, -0.15) is 0 Å². The van der Waals surface area contributed by atoms with Crippen molar-refractivity contribution >= 4 is 33.9 Å². The van der Waals surface area contributed by atoms with Gasteiger partial charge in [0.05, 0.1) is 15.9 Å². The zero-order chi connectivity index (χ0) is 21.8. The van der Waals surface area contributed by atoms with E-state index in [0.717, 1.165) is 46.0 Å². The number of carbonyl (C=O) groups excluding carboxylic acids is 1. The molecule has 3 aromatic rings. The maximum absolute atomic E-state index is 12.8. The molecule has 7 nitrogen and oxygen atoms in total. The molecule has 2 aromatic heterocycles. The second kappa shape index (κ2) is 9.53. The molecular weight excluding hydrogens is 412 g/mol. The molecule has 4 heterocycles. The Morgan fingerprint density at radius 1 is 1.10 bits per heavy atom. The van der Waals surface area contributed by atoms with Crippen LogP contribution in [0.25, 0.3) is 21.5 Å². The SMILES string of the molecule is Cc1nc(-c2ccc(C(=O)N3CC(N4CCCCC4)C3)cc2)c2sccc2n1.O=CO. The lowest BCUT2D eigenvalue weighted by molar-refractivity contribution is -0.122. The number of likely N-dealkylation sites (tertiary alicyclic amines) is 2. The van der Waals surface area contributed by atoms with Gasteiger partial charge in [-0.05, 0) is 56.4 Å². The number of thiophene rings is 1. The topological polar surface area (TPSA) is 86.6 Å². The number of benzene rings is 1. The van der Waals surface area contributed by atoms with Crippen LogP contribution >= 0.6 is 11.3 Å². The van der Waals surface area contributed by atoms with Crippen LogP contribution in [0, 0.1) is 6.92 Å². The van der Waals surface area contributed by atoms with Crippen LogP contribution in [0.1, 0.15) is 35.4 Å². The molecule has 1 N–H and O–H groups in total. The lowest BCUT2D eigenvalue weighted by Crippen LogP contribution is -2.61. The van der Waals surface area contributed by atoms with Gasteiger partial charge in [0.1, 0.15) is 5.82 Å². The molecule has 0 spiro atoms. The number of rotatable bonds is 3. The number of amides is 1. The van der Waals surface area contributed by atoms with Crippen LogP contribution in [-0.4, -0.2) is 69.5 Å². The minimum Gasteiger partial charge on any atom is -0.483 e. The van der Waals surface area contributed by atoms with Crippen molar-refractivity contribution in [2.45, 2.75) is 32.2 Å². The summed E-state index contributed by atoms with van der Waals surface area (Å²) in [6.45, 7) is 5.78. The third kappa shape index (κ3) is 4.60. The summed E-state index contributed by atoms with van der Waals surface area (Å²) in [7, 11) is 0. The van der Waals surface area contributed by atoms with Gasteiger partial charge in [-0.3, -0.25) is 14.5 Å². The standard InChI is InChI=1S/C22H24N4OS.CH2O2/c1-15-23-19-9-12-28-21(19)20(24-15)16-5-7-17(8-6-16)22(27)26-13-18(14-26)25-10-3-2-4-11-25;2-1-3/h5-9,12,18H,2-4,10-11,13-14H2,1H3;1H,(H,2,3). The Morgan fingerprint density at radius 2 is 1.77 bits per heavy atom. The lowest BCUT2D eigenvalue weighted by Gasteiger charge is -2.46. The summed E-state index contributed by atoms with van der Waals surface area (Å²) in [4.78, 5) is 34.8. The number of fused-ring (bicyclic) bond motifs is 1. The van der Waals surface area contributed by atoms with E-state index in [2.05, 4.69) is 14.9 Å². The highest BCUT2D eigenvalue weighted by Gasteiger charge is 2.35. The average Bonchev–Trinajstić information content (AvgIpc) is 3.22. The van der Waals surface area contributed by atoms with Crippen molar-refractivity contribution in [1.29, 1.82) is 0 Å². The molecule has 0 atom stereocenters. The van der Waals surface area contributed by atoms with Gasteiger partial charge in [0, 0.05) is 30.3 Å². The first-order valence-corrected chi connectivity index (χ1v) is 11.4. The highest BCUT2D eigenvalue weighted by atomic mass is 32.1. The number of aryl methyl sites for hydroxylation is 1. The van der Waals surface area contributed by atoms with Crippen LogP contribution in [0.3, 0.4) is 0 Å². The maximum Gasteiger partial charge on any atom is 0.290 e. The number of piperidine rings is 1. The van der Waals surface area contributed by atoms with Gasteiger partial charge in [-0.15, -0.1) is 11.3 Å². The van der Waals surface area contributed by atoms with Crippen molar-refractivity contribution in [3.63, 3.8) is 0 Å². The predicted molar refractivity (Wildman–Crippen MR) is 121 cm³/mol. The average molecular weight is 439 g/mol. The van der Waals surface area contributed by atoms with Gasteiger partial charge in [0.15, 0.2) is 0 Å². The summed E-state index contributed by atoms with van der Waals surface area (Å²) in [5, 5.41) is 8.93. The van der Waals surface area contributed by atoms with E-state index in [1.165, 1.54) is 32.4 Å². The fourth-order valence-corrected chi connectivity index (χ4v) is 5.11. The second-order valence-corrected chi connectivity index (χ2v) is 8.81. The summed E-state index contributed by atoms with van der Waals surface area (Å²) in [6.07, 6.45) is 3.94. The van der Waals surface area contributed by atoms with E-state index in [1.54, 1.807) is 11.3 Å². The van der Waals surface area contributed by atoms with Gasteiger partial charge in [-0.25, -0.2) is 9.97 Å². The molecule has 0 bridgehead atoms. The Bertz CT molecular complexity index is 1050.